The van der Waals surface area contributed by atoms with Crippen LogP contribution in [0.1, 0.15) is 15.9 Å². The van der Waals surface area contributed by atoms with E-state index in [-0.39, 0.29) is 16.9 Å². The van der Waals surface area contributed by atoms with E-state index in [1.807, 2.05) is 0 Å². The highest BCUT2D eigenvalue weighted by atomic mass is 19.4. The number of carbonyl (C=O) groups is 1. The molecule has 2 aromatic carbocycles. The van der Waals surface area contributed by atoms with Crippen molar-refractivity contribution in [2.75, 3.05) is 7.11 Å². The lowest BCUT2D eigenvalue weighted by molar-refractivity contribution is -0.330. The van der Waals surface area contributed by atoms with E-state index in [9.17, 15) is 22.4 Å². The normalized spacial score (nSPS) is 11.2. The van der Waals surface area contributed by atoms with Gasteiger partial charge < -0.3 is 9.47 Å². The van der Waals surface area contributed by atoms with Gasteiger partial charge in [-0.05, 0) is 30.3 Å². The van der Waals surface area contributed by atoms with Crippen molar-refractivity contribution < 1.29 is 36.6 Å². The second-order valence-electron chi connectivity index (χ2n) is 4.61. The summed E-state index contributed by atoms with van der Waals surface area (Å²) in [4.78, 5) is 11.9. The summed E-state index contributed by atoms with van der Waals surface area (Å²) in [5.74, 6) is -1.30. The molecular formula is C16H12F4O4. The second-order valence-corrected chi connectivity index (χ2v) is 4.61. The topological polar surface area (TPSA) is 44.8 Å². The summed E-state index contributed by atoms with van der Waals surface area (Å²) in [6.07, 6.45) is -4.86. The van der Waals surface area contributed by atoms with Crippen molar-refractivity contribution in [1.29, 1.82) is 0 Å². The van der Waals surface area contributed by atoms with Crippen LogP contribution in [0.2, 0.25) is 0 Å². The highest BCUT2D eigenvalue weighted by molar-refractivity contribution is 5.91. The highest BCUT2D eigenvalue weighted by Gasteiger charge is 2.29. The van der Waals surface area contributed by atoms with Gasteiger partial charge in [0.25, 0.3) is 0 Å². The van der Waals surface area contributed by atoms with Gasteiger partial charge in [-0.2, -0.15) is 0 Å². The lowest BCUT2D eigenvalue weighted by Gasteiger charge is -2.09. The minimum Gasteiger partial charge on any atom is -0.497 e. The van der Waals surface area contributed by atoms with Crippen LogP contribution in [0.4, 0.5) is 17.6 Å². The van der Waals surface area contributed by atoms with Gasteiger partial charge in [0.05, 0.1) is 19.3 Å². The molecule has 0 N–H and O–H groups in total. The molecule has 0 aliphatic rings. The van der Waals surface area contributed by atoms with E-state index >= 15 is 0 Å². The number of hydrogen-bond acceptors (Lipinski definition) is 4. The van der Waals surface area contributed by atoms with Gasteiger partial charge in [-0.1, -0.05) is 6.07 Å². The first-order valence-corrected chi connectivity index (χ1v) is 6.64. The minimum absolute atomic E-state index is 0.135. The Kier molecular flexibility index (Phi) is 5.40. The lowest BCUT2D eigenvalue weighted by Crippen LogP contribution is -2.13. The number of methoxy groups -OCH3 is 1. The molecular weight excluding hydrogens is 332 g/mol. The fourth-order valence-electron chi connectivity index (χ4n) is 1.76. The molecule has 128 valence electrons. The molecule has 24 heavy (non-hydrogen) atoms. The predicted molar refractivity (Wildman–Crippen MR) is 75.2 cm³/mol. The van der Waals surface area contributed by atoms with Crippen LogP contribution in [0.15, 0.2) is 42.5 Å². The van der Waals surface area contributed by atoms with Gasteiger partial charge in [-0.25, -0.2) is 9.18 Å². The first-order valence-electron chi connectivity index (χ1n) is 6.64. The summed E-state index contributed by atoms with van der Waals surface area (Å²) in [6, 6.07) is 9.07. The van der Waals surface area contributed by atoms with Crippen molar-refractivity contribution in [3.63, 3.8) is 0 Å². The minimum atomic E-state index is -4.86. The Bertz CT molecular complexity index is 711. The maximum Gasteiger partial charge on any atom is 0.522 e. The van der Waals surface area contributed by atoms with Crippen molar-refractivity contribution in [2.24, 2.45) is 0 Å². The van der Waals surface area contributed by atoms with E-state index in [1.165, 1.54) is 25.3 Å². The molecule has 0 aliphatic carbocycles. The smallest absolute Gasteiger partial charge is 0.497 e. The summed E-state index contributed by atoms with van der Waals surface area (Å²) >= 11 is 0. The summed E-state index contributed by atoms with van der Waals surface area (Å²) in [5, 5.41) is 0. The molecule has 0 bridgehead atoms. The Morgan fingerprint density at radius 3 is 2.21 bits per heavy atom. The Morgan fingerprint density at radius 1 is 1.04 bits per heavy atom. The van der Waals surface area contributed by atoms with E-state index in [2.05, 4.69) is 4.74 Å². The molecule has 0 atom stereocenters. The SMILES string of the molecule is COc1ccc(C(=O)Oc2ccc(COC(F)(F)F)c(F)c2)cc1. The average Bonchev–Trinajstić information content (AvgIpc) is 2.53. The molecule has 2 aromatic rings. The van der Waals surface area contributed by atoms with E-state index in [4.69, 9.17) is 9.47 Å². The van der Waals surface area contributed by atoms with Crippen LogP contribution in [0.5, 0.6) is 11.5 Å². The molecule has 0 unspecified atom stereocenters. The fraction of sp³-hybridized carbons (Fsp3) is 0.188. The molecule has 2 rings (SSSR count). The summed E-state index contributed by atoms with van der Waals surface area (Å²) in [6.45, 7) is -0.970. The van der Waals surface area contributed by atoms with Crippen LogP contribution in [0.25, 0.3) is 0 Å². The average molecular weight is 344 g/mol. The van der Waals surface area contributed by atoms with Gasteiger partial charge in [0.2, 0.25) is 0 Å². The molecule has 0 saturated carbocycles. The zero-order valence-corrected chi connectivity index (χ0v) is 12.4. The molecule has 0 amide bonds. The van der Waals surface area contributed by atoms with Crippen molar-refractivity contribution in [3.05, 3.63) is 59.4 Å². The molecule has 4 nitrogen and oxygen atoms in total. The molecule has 0 aromatic heterocycles. The van der Waals surface area contributed by atoms with E-state index in [1.54, 1.807) is 12.1 Å². The van der Waals surface area contributed by atoms with Crippen molar-refractivity contribution in [1.82, 2.24) is 0 Å². The van der Waals surface area contributed by atoms with Crippen LogP contribution in [0.3, 0.4) is 0 Å². The quantitative estimate of drug-likeness (QED) is 0.466. The largest absolute Gasteiger partial charge is 0.522 e. The number of halogens is 4. The van der Waals surface area contributed by atoms with Gasteiger partial charge in [0.15, 0.2) is 0 Å². The molecule has 0 spiro atoms. The first-order chi connectivity index (χ1) is 11.3. The van der Waals surface area contributed by atoms with E-state index < -0.39 is 24.8 Å². The zero-order valence-electron chi connectivity index (χ0n) is 12.4. The van der Waals surface area contributed by atoms with Crippen molar-refractivity contribution >= 4 is 5.97 Å². The number of alkyl halides is 3. The summed E-state index contributed by atoms with van der Waals surface area (Å²) in [5.41, 5.74) is -0.0998. The maximum absolute atomic E-state index is 13.7. The van der Waals surface area contributed by atoms with Crippen molar-refractivity contribution in [2.45, 2.75) is 13.0 Å². The first kappa shape index (κ1) is 17.7. The standard InChI is InChI=1S/C16H12F4O4/c1-22-12-5-2-10(3-6-12)15(21)24-13-7-4-11(14(17)8-13)9-23-16(18,19)20/h2-8H,9H2,1H3. The van der Waals surface area contributed by atoms with Gasteiger partial charge in [-0.15, -0.1) is 13.2 Å². The third-order valence-corrected chi connectivity index (χ3v) is 2.95. The molecule has 0 fully saturated rings. The van der Waals surface area contributed by atoms with Crippen LogP contribution in [-0.4, -0.2) is 19.4 Å². The molecule has 0 aliphatic heterocycles. The van der Waals surface area contributed by atoms with Crippen LogP contribution in [0, 0.1) is 5.82 Å². The zero-order chi connectivity index (χ0) is 17.7. The fourth-order valence-corrected chi connectivity index (χ4v) is 1.76. The third kappa shape index (κ3) is 4.95. The Balaban J connectivity index is 2.04. The molecule has 8 heteroatoms. The van der Waals surface area contributed by atoms with E-state index in [0.29, 0.717) is 5.75 Å². The number of carbonyl (C=O) groups excluding carboxylic acids is 1. The number of rotatable bonds is 5. The van der Waals surface area contributed by atoms with Gasteiger partial charge in [0.1, 0.15) is 17.3 Å². The summed E-state index contributed by atoms with van der Waals surface area (Å²) in [7, 11) is 1.47. The molecule has 0 heterocycles. The lowest BCUT2D eigenvalue weighted by atomic mass is 10.2. The maximum atomic E-state index is 13.7. The number of esters is 1. The number of hydrogen-bond donors (Lipinski definition) is 0. The predicted octanol–water partition coefficient (Wildman–Crippen LogP) is 4.09. The van der Waals surface area contributed by atoms with Gasteiger partial charge >= 0.3 is 12.3 Å². The Hall–Kier alpha value is -2.61. The molecule has 0 radical (unpaired) electrons. The van der Waals surface area contributed by atoms with Crippen LogP contribution < -0.4 is 9.47 Å². The summed E-state index contributed by atoms with van der Waals surface area (Å²) < 4.78 is 63.0. The van der Waals surface area contributed by atoms with Crippen LogP contribution in [-0.2, 0) is 11.3 Å². The highest BCUT2D eigenvalue weighted by Crippen LogP contribution is 2.23. The van der Waals surface area contributed by atoms with Crippen LogP contribution >= 0.6 is 0 Å². The second kappa shape index (κ2) is 7.31. The van der Waals surface area contributed by atoms with Gasteiger partial charge in [0, 0.05) is 11.6 Å². The van der Waals surface area contributed by atoms with Gasteiger partial charge in [-0.3, -0.25) is 4.74 Å². The Labute approximate surface area is 134 Å². The third-order valence-electron chi connectivity index (χ3n) is 2.95. The number of ether oxygens (including phenoxy) is 3. The van der Waals surface area contributed by atoms with E-state index in [0.717, 1.165) is 12.1 Å². The Morgan fingerprint density at radius 2 is 1.67 bits per heavy atom. The molecule has 0 saturated heterocycles. The number of benzene rings is 2. The van der Waals surface area contributed by atoms with Crippen molar-refractivity contribution in [3.8, 4) is 11.5 Å². The monoisotopic (exact) mass is 344 g/mol.